The molecular formula is C22H31N5OS. The van der Waals surface area contributed by atoms with Gasteiger partial charge in [0.25, 0.3) is 0 Å². The fraction of sp³-hybridized carbons (Fsp3) is 0.591. The third-order valence-electron chi connectivity index (χ3n) is 6.36. The van der Waals surface area contributed by atoms with Gasteiger partial charge in [-0.1, -0.05) is 17.4 Å². The number of ether oxygens (including phenoxy) is 1. The van der Waals surface area contributed by atoms with Gasteiger partial charge < -0.3 is 4.74 Å². The van der Waals surface area contributed by atoms with E-state index in [-0.39, 0.29) is 11.0 Å². The molecule has 3 aromatic heterocycles. The number of pyridine rings is 1. The molecule has 4 heterocycles. The fourth-order valence-electron chi connectivity index (χ4n) is 4.30. The highest BCUT2D eigenvalue weighted by Gasteiger charge is 2.43. The Hall–Kier alpha value is -1.83. The highest BCUT2D eigenvalue weighted by Crippen LogP contribution is 2.41. The van der Waals surface area contributed by atoms with Gasteiger partial charge in [-0.2, -0.15) is 5.10 Å². The molecule has 29 heavy (non-hydrogen) atoms. The first-order valence-corrected chi connectivity index (χ1v) is 11.3. The molecule has 0 amide bonds. The summed E-state index contributed by atoms with van der Waals surface area (Å²) < 4.78 is 7.84. The minimum absolute atomic E-state index is 0.0434. The average Bonchev–Trinajstić information content (AvgIpc) is 3.40. The summed E-state index contributed by atoms with van der Waals surface area (Å²) in [5.41, 5.74) is 2.47. The van der Waals surface area contributed by atoms with E-state index in [0.29, 0.717) is 0 Å². The summed E-state index contributed by atoms with van der Waals surface area (Å²) in [5.74, 6) is 0. The van der Waals surface area contributed by atoms with Crippen LogP contribution in [0.3, 0.4) is 0 Å². The molecule has 1 fully saturated rings. The van der Waals surface area contributed by atoms with Crippen molar-refractivity contribution in [2.75, 3.05) is 26.3 Å². The molecule has 0 bridgehead atoms. The second kappa shape index (κ2) is 8.13. The maximum Gasteiger partial charge on any atom is 0.139 e. The maximum absolute atomic E-state index is 5.96. The summed E-state index contributed by atoms with van der Waals surface area (Å²) in [6.07, 6.45) is 8.93. The third-order valence-corrected chi connectivity index (χ3v) is 7.38. The van der Waals surface area contributed by atoms with Gasteiger partial charge in [-0.25, -0.2) is 9.50 Å². The van der Waals surface area contributed by atoms with Crippen LogP contribution in [-0.4, -0.2) is 50.8 Å². The van der Waals surface area contributed by atoms with Crippen LogP contribution in [0.25, 0.3) is 4.83 Å². The summed E-state index contributed by atoms with van der Waals surface area (Å²) in [4.78, 5) is 12.4. The van der Waals surface area contributed by atoms with Gasteiger partial charge in [0.2, 0.25) is 0 Å². The first kappa shape index (κ1) is 20.4. The monoisotopic (exact) mass is 413 g/mol. The van der Waals surface area contributed by atoms with Crippen molar-refractivity contribution in [1.29, 1.82) is 0 Å². The van der Waals surface area contributed by atoms with Gasteiger partial charge in [0.1, 0.15) is 16.2 Å². The van der Waals surface area contributed by atoms with Gasteiger partial charge in [-0.3, -0.25) is 9.88 Å². The topological polar surface area (TPSA) is 55.6 Å². The van der Waals surface area contributed by atoms with E-state index in [1.54, 1.807) is 17.7 Å². The van der Waals surface area contributed by atoms with Crippen molar-refractivity contribution in [3.8, 4) is 0 Å². The average molecular weight is 414 g/mol. The number of likely N-dealkylation sites (tertiary alicyclic amines) is 1. The standard InChI is InChI=1S/C22H31N5OS/c1-5-28-15-22(9-8-19-25-27-16-23-13-20(27)29-19)10-11-26(14-22)21(3,4)18-7-6-17(2)24-12-18/h6-7,12-13,16H,5,8-11,14-15H2,1-4H3/t22-/m1/s1. The van der Waals surface area contributed by atoms with Crippen molar-refractivity contribution >= 4 is 16.2 Å². The van der Waals surface area contributed by atoms with E-state index in [0.717, 1.165) is 56.1 Å². The van der Waals surface area contributed by atoms with Crippen LogP contribution >= 0.6 is 11.3 Å². The molecular weight excluding hydrogens is 382 g/mol. The van der Waals surface area contributed by atoms with E-state index in [1.165, 1.54) is 10.6 Å². The molecule has 1 aliphatic rings. The van der Waals surface area contributed by atoms with Crippen molar-refractivity contribution < 1.29 is 4.74 Å². The third kappa shape index (κ3) is 4.22. The lowest BCUT2D eigenvalue weighted by Gasteiger charge is -2.38. The Morgan fingerprint density at radius 1 is 1.28 bits per heavy atom. The Morgan fingerprint density at radius 2 is 2.14 bits per heavy atom. The van der Waals surface area contributed by atoms with E-state index >= 15 is 0 Å². The maximum atomic E-state index is 5.96. The summed E-state index contributed by atoms with van der Waals surface area (Å²) in [7, 11) is 0. The Labute approximate surface area is 176 Å². The molecule has 156 valence electrons. The zero-order valence-electron chi connectivity index (χ0n) is 17.9. The largest absolute Gasteiger partial charge is 0.381 e. The Morgan fingerprint density at radius 3 is 2.86 bits per heavy atom. The van der Waals surface area contributed by atoms with Crippen molar-refractivity contribution in [3.63, 3.8) is 0 Å². The molecule has 3 aromatic rings. The number of rotatable bonds is 8. The summed E-state index contributed by atoms with van der Waals surface area (Å²) in [6, 6.07) is 4.33. The number of aryl methyl sites for hydroxylation is 2. The second-order valence-electron chi connectivity index (χ2n) is 8.73. The quantitative estimate of drug-likeness (QED) is 0.557. The minimum Gasteiger partial charge on any atom is -0.381 e. The molecule has 4 rings (SSSR count). The van der Waals surface area contributed by atoms with Crippen molar-refractivity contribution in [2.45, 2.75) is 52.5 Å². The van der Waals surface area contributed by atoms with E-state index in [4.69, 9.17) is 4.74 Å². The molecule has 1 saturated heterocycles. The van der Waals surface area contributed by atoms with Gasteiger partial charge in [-0.05, 0) is 58.7 Å². The summed E-state index contributed by atoms with van der Waals surface area (Å²) >= 11 is 1.74. The van der Waals surface area contributed by atoms with Crippen molar-refractivity contribution in [3.05, 3.63) is 47.1 Å². The zero-order chi connectivity index (χ0) is 20.5. The van der Waals surface area contributed by atoms with Crippen molar-refractivity contribution in [2.24, 2.45) is 5.41 Å². The highest BCUT2D eigenvalue weighted by molar-refractivity contribution is 7.17. The summed E-state index contributed by atoms with van der Waals surface area (Å²) in [6.45, 7) is 12.4. The van der Waals surface area contributed by atoms with Gasteiger partial charge in [0.15, 0.2) is 0 Å². The lowest BCUT2D eigenvalue weighted by atomic mass is 9.83. The van der Waals surface area contributed by atoms with E-state index in [9.17, 15) is 0 Å². The molecule has 7 heteroatoms. The van der Waals surface area contributed by atoms with Crippen molar-refractivity contribution in [1.82, 2.24) is 24.5 Å². The van der Waals surface area contributed by atoms with Crippen LogP contribution in [0, 0.1) is 12.3 Å². The Balaban J connectivity index is 1.49. The molecule has 1 aliphatic heterocycles. The number of hydrogen-bond donors (Lipinski definition) is 0. The van der Waals surface area contributed by atoms with Crippen LogP contribution in [0.4, 0.5) is 0 Å². The smallest absolute Gasteiger partial charge is 0.139 e. The van der Waals surface area contributed by atoms with Crippen LogP contribution in [-0.2, 0) is 16.7 Å². The van der Waals surface area contributed by atoms with Crippen LogP contribution in [0.15, 0.2) is 30.9 Å². The number of aromatic nitrogens is 4. The molecule has 1 atom stereocenters. The van der Waals surface area contributed by atoms with Gasteiger partial charge in [-0.15, -0.1) is 0 Å². The predicted molar refractivity (Wildman–Crippen MR) is 116 cm³/mol. The minimum atomic E-state index is -0.0434. The molecule has 6 nitrogen and oxygen atoms in total. The van der Waals surface area contributed by atoms with E-state index in [1.807, 2.05) is 23.8 Å². The highest BCUT2D eigenvalue weighted by atomic mass is 32.1. The number of nitrogens with zero attached hydrogens (tertiary/aromatic N) is 5. The van der Waals surface area contributed by atoms with Gasteiger partial charge in [0.05, 0.1) is 12.8 Å². The Bertz CT molecular complexity index is 919. The SMILES string of the molecule is CCOC[C@]1(CCc2nn3cncc3s2)CCN(C(C)(C)c2ccc(C)nc2)C1. The van der Waals surface area contributed by atoms with Crippen LogP contribution < -0.4 is 0 Å². The fourth-order valence-corrected chi connectivity index (χ4v) is 5.17. The van der Waals surface area contributed by atoms with Crippen LogP contribution in [0.2, 0.25) is 0 Å². The Kier molecular flexibility index (Phi) is 5.73. The molecule has 0 aromatic carbocycles. The summed E-state index contributed by atoms with van der Waals surface area (Å²) in [5, 5.41) is 5.86. The number of imidazole rings is 1. The predicted octanol–water partition coefficient (Wildman–Crippen LogP) is 4.09. The molecule has 0 unspecified atom stereocenters. The number of fused-ring (bicyclic) bond motifs is 1. The molecule has 0 N–H and O–H groups in total. The van der Waals surface area contributed by atoms with Gasteiger partial charge >= 0.3 is 0 Å². The van der Waals surface area contributed by atoms with Crippen LogP contribution in [0.5, 0.6) is 0 Å². The zero-order valence-corrected chi connectivity index (χ0v) is 18.7. The number of hydrogen-bond acceptors (Lipinski definition) is 6. The first-order chi connectivity index (χ1) is 13.9. The molecule has 0 saturated carbocycles. The molecule has 0 spiro atoms. The molecule has 0 radical (unpaired) electrons. The normalized spacial score (nSPS) is 20.7. The van der Waals surface area contributed by atoms with Crippen LogP contribution in [0.1, 0.15) is 49.9 Å². The first-order valence-electron chi connectivity index (χ1n) is 10.5. The molecule has 0 aliphatic carbocycles. The van der Waals surface area contributed by atoms with Gasteiger partial charge in [0, 0.05) is 42.4 Å². The lowest BCUT2D eigenvalue weighted by molar-refractivity contribution is 0.0384. The van der Waals surface area contributed by atoms with E-state index in [2.05, 4.69) is 52.9 Å². The second-order valence-corrected chi connectivity index (χ2v) is 9.82. The lowest BCUT2D eigenvalue weighted by Crippen LogP contribution is -2.42. The van der Waals surface area contributed by atoms with E-state index < -0.39 is 0 Å².